The predicted octanol–water partition coefficient (Wildman–Crippen LogP) is 4.79. The number of hydrogen-bond donors (Lipinski definition) is 1. The van der Waals surface area contributed by atoms with Crippen LogP contribution in [0, 0.1) is 13.8 Å². The molecule has 3 aromatic heterocycles. The van der Waals surface area contributed by atoms with Crippen molar-refractivity contribution in [2.45, 2.75) is 62.9 Å². The van der Waals surface area contributed by atoms with E-state index in [2.05, 4.69) is 20.1 Å². The Morgan fingerprint density at radius 3 is 2.83 bits per heavy atom. The fraction of sp³-hybridized carbons (Fsp3) is 0.379. The molecule has 6 rings (SSSR count). The lowest BCUT2D eigenvalue weighted by Crippen LogP contribution is -2.39. The molecule has 2 aliphatic rings. The molecule has 12 heteroatoms. The van der Waals surface area contributed by atoms with Crippen LogP contribution in [0.25, 0.3) is 5.65 Å². The van der Waals surface area contributed by atoms with Gasteiger partial charge < -0.3 is 14.6 Å². The van der Waals surface area contributed by atoms with Gasteiger partial charge in [-0.2, -0.15) is 0 Å². The van der Waals surface area contributed by atoms with Gasteiger partial charge in [-0.3, -0.25) is 9.20 Å². The highest BCUT2D eigenvalue weighted by Gasteiger charge is 2.40. The molecular weight excluding hydrogens is 550 g/mol. The molecule has 0 bridgehead atoms. The summed E-state index contributed by atoms with van der Waals surface area (Å²) < 4.78 is 43.9. The van der Waals surface area contributed by atoms with Crippen LogP contribution >= 0.6 is 0 Å². The fourth-order valence-corrected chi connectivity index (χ4v) is 7.46. The average Bonchev–Trinajstić information content (AvgIpc) is 3.58. The number of halogens is 2. The van der Waals surface area contributed by atoms with Crippen molar-refractivity contribution in [3.05, 3.63) is 82.4 Å². The lowest BCUT2D eigenvalue weighted by molar-refractivity contribution is -0.137. The number of alkyl halides is 2. The van der Waals surface area contributed by atoms with Crippen LogP contribution < -0.4 is 4.90 Å². The van der Waals surface area contributed by atoms with Gasteiger partial charge in [-0.1, -0.05) is 18.2 Å². The van der Waals surface area contributed by atoms with E-state index in [0.717, 1.165) is 41.9 Å². The second kappa shape index (κ2) is 11.0. The van der Waals surface area contributed by atoms with Crippen molar-refractivity contribution in [3.8, 4) is 0 Å². The number of carboxylic acids is 1. The monoisotopic (exact) mass is 580 g/mol. The van der Waals surface area contributed by atoms with Gasteiger partial charge in [0, 0.05) is 37.0 Å². The van der Waals surface area contributed by atoms with E-state index in [1.54, 1.807) is 19.2 Å². The number of aromatic nitrogens is 4. The first kappa shape index (κ1) is 27.6. The summed E-state index contributed by atoms with van der Waals surface area (Å²) in [6.07, 6.45) is 2.30. The zero-order valence-electron chi connectivity index (χ0n) is 22.7. The van der Waals surface area contributed by atoms with Crippen LogP contribution in [0.5, 0.6) is 0 Å². The Kier molecular flexibility index (Phi) is 7.39. The summed E-state index contributed by atoms with van der Waals surface area (Å²) in [6.45, 7) is 5.67. The number of fused-ring (bicyclic) bond motifs is 4. The number of benzene rings is 1. The maximum absolute atomic E-state index is 13.8. The molecule has 3 unspecified atom stereocenters. The molecule has 0 amide bonds. The number of carbonyl (C=O) groups is 1. The highest BCUT2D eigenvalue weighted by molar-refractivity contribution is 7.89. The zero-order valence-corrected chi connectivity index (χ0v) is 23.5. The largest absolute Gasteiger partial charge is 0.593 e. The number of pyridine rings is 2. The first-order valence-corrected chi connectivity index (χ1v) is 14.7. The van der Waals surface area contributed by atoms with Crippen LogP contribution in [0.3, 0.4) is 0 Å². The van der Waals surface area contributed by atoms with E-state index in [4.69, 9.17) is 0 Å². The van der Waals surface area contributed by atoms with Crippen molar-refractivity contribution >= 4 is 28.8 Å². The molecule has 4 aromatic rings. The Hall–Kier alpha value is -3.61. The number of anilines is 1. The van der Waals surface area contributed by atoms with Crippen LogP contribution in [-0.2, 0) is 22.7 Å². The zero-order chi connectivity index (χ0) is 28.8. The van der Waals surface area contributed by atoms with Gasteiger partial charge in [-0.05, 0) is 66.6 Å². The molecule has 1 aromatic carbocycles. The van der Waals surface area contributed by atoms with Crippen molar-refractivity contribution in [3.63, 3.8) is 0 Å². The smallest absolute Gasteiger partial charge is 0.304 e. The Labute approximate surface area is 239 Å². The van der Waals surface area contributed by atoms with Crippen LogP contribution in [0.2, 0.25) is 0 Å². The second-order valence-electron chi connectivity index (χ2n) is 10.7. The molecule has 214 valence electrons. The molecule has 1 saturated heterocycles. The molecule has 1 N–H and O–H groups in total. The molecule has 41 heavy (non-hydrogen) atoms. The number of aryl methyl sites for hydroxylation is 2. The number of aliphatic carboxylic acids is 1. The molecule has 1 fully saturated rings. The summed E-state index contributed by atoms with van der Waals surface area (Å²) in [7, 11) is 0. The summed E-state index contributed by atoms with van der Waals surface area (Å²) in [4.78, 5) is 19.5. The Morgan fingerprint density at radius 1 is 1.22 bits per heavy atom. The van der Waals surface area contributed by atoms with Crippen molar-refractivity contribution in [2.75, 3.05) is 18.0 Å². The number of nitrogens with zero attached hydrogens (tertiary/aromatic N) is 6. The maximum atomic E-state index is 13.8. The maximum Gasteiger partial charge on any atom is 0.304 e. The molecule has 0 spiro atoms. The van der Waals surface area contributed by atoms with E-state index in [1.807, 2.05) is 41.6 Å². The van der Waals surface area contributed by atoms with Crippen LogP contribution in [0.1, 0.15) is 65.2 Å². The summed E-state index contributed by atoms with van der Waals surface area (Å²) in [5, 5.41) is 17.4. The standard InChI is InChI=1S/C29H30F2N6O3S/c1-17-7-8-19(23(14-25(38)39)22-9-12-37-27(18(22)2)33-34-29(37)26(30)31)13-20(17)15-35-16-21-5-4-11-36(21)28-24(41(35)40)6-3-10-32-28/h3,6-10,12-13,21,23,26H,4-5,11,14-16H2,1-2H3,(H,38,39). The van der Waals surface area contributed by atoms with Gasteiger partial charge in [0.05, 0.1) is 30.9 Å². The number of carboxylic acid groups (broad SMARTS) is 1. The van der Waals surface area contributed by atoms with E-state index in [-0.39, 0.29) is 18.1 Å². The van der Waals surface area contributed by atoms with Gasteiger partial charge in [0.25, 0.3) is 6.43 Å². The van der Waals surface area contributed by atoms with Crippen LogP contribution in [0.15, 0.2) is 53.7 Å². The van der Waals surface area contributed by atoms with Crippen molar-refractivity contribution in [1.82, 2.24) is 23.9 Å². The lowest BCUT2D eigenvalue weighted by atomic mass is 9.85. The van der Waals surface area contributed by atoms with E-state index < -0.39 is 35.5 Å². The Balaban J connectivity index is 1.37. The molecule has 0 aliphatic carbocycles. The lowest BCUT2D eigenvalue weighted by Gasteiger charge is -2.26. The average molecular weight is 581 g/mol. The summed E-state index contributed by atoms with van der Waals surface area (Å²) >= 11 is -1.42. The predicted molar refractivity (Wildman–Crippen MR) is 149 cm³/mol. The quantitative estimate of drug-likeness (QED) is 0.311. The molecule has 9 nitrogen and oxygen atoms in total. The molecular formula is C29H30F2N6O3S. The summed E-state index contributed by atoms with van der Waals surface area (Å²) in [5.41, 5.74) is 4.28. The van der Waals surface area contributed by atoms with E-state index in [9.17, 15) is 23.2 Å². The van der Waals surface area contributed by atoms with Crippen molar-refractivity contribution in [1.29, 1.82) is 0 Å². The normalized spacial score (nSPS) is 19.8. The fourth-order valence-electron chi connectivity index (χ4n) is 6.10. The first-order valence-electron chi connectivity index (χ1n) is 13.5. The Morgan fingerprint density at radius 2 is 2.05 bits per heavy atom. The summed E-state index contributed by atoms with van der Waals surface area (Å²) in [5.74, 6) is -1.19. The molecule has 0 radical (unpaired) electrons. The highest BCUT2D eigenvalue weighted by atomic mass is 32.2. The number of hydrogen-bond acceptors (Lipinski definition) is 7. The van der Waals surface area contributed by atoms with Gasteiger partial charge >= 0.3 is 5.97 Å². The third-order valence-corrected chi connectivity index (χ3v) is 9.64. The van der Waals surface area contributed by atoms with Crippen LogP contribution in [0.4, 0.5) is 14.6 Å². The minimum Gasteiger partial charge on any atom is -0.593 e. The highest BCUT2D eigenvalue weighted by Crippen LogP contribution is 2.37. The number of rotatable bonds is 7. The topological polar surface area (TPSA) is 110 Å². The SMILES string of the molecule is Cc1ccc(C(CC(=O)O)c2ccn3c(C(F)F)nnc3c2C)cc1CN1CC2CCCN2c2ncccc2[S+]1[O-]. The van der Waals surface area contributed by atoms with Crippen molar-refractivity contribution in [2.24, 2.45) is 0 Å². The van der Waals surface area contributed by atoms with E-state index in [0.29, 0.717) is 29.1 Å². The van der Waals surface area contributed by atoms with Gasteiger partial charge in [0.1, 0.15) is 0 Å². The summed E-state index contributed by atoms with van der Waals surface area (Å²) in [6, 6.07) is 11.4. The molecule has 2 aliphatic heterocycles. The minimum absolute atomic E-state index is 0.193. The second-order valence-corrected chi connectivity index (χ2v) is 12.1. The van der Waals surface area contributed by atoms with Crippen molar-refractivity contribution < 1.29 is 23.2 Å². The molecule has 5 heterocycles. The third kappa shape index (κ3) is 5.04. The van der Waals surface area contributed by atoms with E-state index in [1.165, 1.54) is 10.6 Å². The molecule has 3 atom stereocenters. The molecule has 0 saturated carbocycles. The van der Waals surface area contributed by atoms with Gasteiger partial charge in [0.15, 0.2) is 11.5 Å². The van der Waals surface area contributed by atoms with Crippen LogP contribution in [-0.4, -0.2) is 58.6 Å². The van der Waals surface area contributed by atoms with Gasteiger partial charge in [-0.15, -0.1) is 14.5 Å². The van der Waals surface area contributed by atoms with Gasteiger partial charge in [-0.25, -0.2) is 13.8 Å². The van der Waals surface area contributed by atoms with Gasteiger partial charge in [0.2, 0.25) is 10.7 Å². The first-order chi connectivity index (χ1) is 19.7. The minimum atomic E-state index is -2.78. The Bertz CT molecular complexity index is 1610. The third-order valence-electron chi connectivity index (χ3n) is 8.20. The van der Waals surface area contributed by atoms with E-state index >= 15 is 0 Å².